The molecule has 3 fully saturated rings. The third-order valence-corrected chi connectivity index (χ3v) is 7.00. The van der Waals surface area contributed by atoms with Gasteiger partial charge in [0.25, 0.3) is 0 Å². The average Bonchev–Trinajstić information content (AvgIpc) is 2.88. The molecule has 2 aliphatic heterocycles. The summed E-state index contributed by atoms with van der Waals surface area (Å²) in [6.07, 6.45) is 1.32. The molecule has 1 aromatic rings. The number of hydrogen-bond donors (Lipinski definition) is 2. The van der Waals surface area contributed by atoms with E-state index in [0.29, 0.717) is 52.2 Å². The number of amides is 3. The van der Waals surface area contributed by atoms with Crippen LogP contribution in [0.2, 0.25) is 0 Å². The van der Waals surface area contributed by atoms with Gasteiger partial charge in [-0.1, -0.05) is 18.2 Å². The lowest BCUT2D eigenvalue weighted by molar-refractivity contribution is -0.152. The molecule has 3 aliphatic rings. The smallest absolute Gasteiger partial charge is 0.247 e. The first kappa shape index (κ1) is 22.5. The Morgan fingerprint density at radius 1 is 0.844 bits per heavy atom. The van der Waals surface area contributed by atoms with Crippen LogP contribution in [0.1, 0.15) is 19.3 Å². The van der Waals surface area contributed by atoms with Crippen LogP contribution in [0.25, 0.3) is 0 Å². The minimum absolute atomic E-state index is 0.0198. The van der Waals surface area contributed by atoms with Gasteiger partial charge in [0.2, 0.25) is 17.7 Å². The fourth-order valence-corrected chi connectivity index (χ4v) is 5.16. The predicted molar refractivity (Wildman–Crippen MR) is 117 cm³/mol. The lowest BCUT2D eigenvalue weighted by Crippen LogP contribution is -2.54. The van der Waals surface area contributed by atoms with Crippen molar-refractivity contribution in [3.05, 3.63) is 30.3 Å². The molecule has 2 saturated heterocycles. The molecule has 1 saturated carbocycles. The van der Waals surface area contributed by atoms with Crippen molar-refractivity contribution in [3.8, 4) is 0 Å². The highest BCUT2D eigenvalue weighted by molar-refractivity contribution is 5.89. The first-order valence-corrected chi connectivity index (χ1v) is 11.5. The van der Waals surface area contributed by atoms with Gasteiger partial charge in [-0.25, -0.2) is 5.48 Å². The Morgan fingerprint density at radius 3 is 2.16 bits per heavy atom. The SMILES string of the molecule is O=C(NO)[C@H]1CC(C(=O)N2CCOCC2)CC[C@@H]1C(=O)N1CCN(c2ccccc2)CC1. The summed E-state index contributed by atoms with van der Waals surface area (Å²) < 4.78 is 5.32. The van der Waals surface area contributed by atoms with Gasteiger partial charge in [0.15, 0.2) is 0 Å². The molecular weight excluding hydrogens is 412 g/mol. The van der Waals surface area contributed by atoms with E-state index in [1.54, 1.807) is 10.4 Å². The fraction of sp³-hybridized carbons (Fsp3) is 0.609. The maximum atomic E-state index is 13.3. The third kappa shape index (κ3) is 4.88. The Kier molecular flexibility index (Phi) is 7.26. The zero-order valence-corrected chi connectivity index (χ0v) is 18.3. The lowest BCUT2D eigenvalue weighted by Gasteiger charge is -2.41. The molecule has 0 aromatic heterocycles. The molecule has 9 nitrogen and oxygen atoms in total. The van der Waals surface area contributed by atoms with Crippen molar-refractivity contribution in [1.29, 1.82) is 0 Å². The van der Waals surface area contributed by atoms with Crippen LogP contribution in [0.3, 0.4) is 0 Å². The van der Waals surface area contributed by atoms with Crippen LogP contribution in [-0.2, 0) is 19.1 Å². The van der Waals surface area contributed by atoms with E-state index in [4.69, 9.17) is 4.74 Å². The van der Waals surface area contributed by atoms with Crippen LogP contribution in [-0.4, -0.2) is 85.2 Å². The van der Waals surface area contributed by atoms with E-state index in [9.17, 15) is 19.6 Å². The first-order valence-electron chi connectivity index (χ1n) is 11.5. The summed E-state index contributed by atoms with van der Waals surface area (Å²) in [6, 6.07) is 10.1. The molecule has 4 rings (SSSR count). The van der Waals surface area contributed by atoms with Crippen LogP contribution >= 0.6 is 0 Å². The van der Waals surface area contributed by atoms with E-state index in [0.717, 1.165) is 18.8 Å². The third-order valence-electron chi connectivity index (χ3n) is 7.00. The number of carbonyl (C=O) groups excluding carboxylic acids is 3. The highest BCUT2D eigenvalue weighted by Crippen LogP contribution is 2.37. The highest BCUT2D eigenvalue weighted by Gasteiger charge is 2.44. The Bertz CT molecular complexity index is 806. The van der Waals surface area contributed by atoms with Gasteiger partial charge in [0.05, 0.1) is 19.1 Å². The number of benzene rings is 1. The number of anilines is 1. The Hall–Kier alpha value is -2.65. The normalized spacial score (nSPS) is 26.5. The number of nitrogens with zero attached hydrogens (tertiary/aromatic N) is 3. The predicted octanol–water partition coefficient (Wildman–Crippen LogP) is 0.732. The number of para-hydroxylation sites is 1. The molecule has 0 radical (unpaired) electrons. The molecule has 3 atom stereocenters. The number of piperazine rings is 1. The maximum Gasteiger partial charge on any atom is 0.247 e. The van der Waals surface area contributed by atoms with Crippen LogP contribution in [0, 0.1) is 17.8 Å². The quantitative estimate of drug-likeness (QED) is 0.525. The standard InChI is InChI=1S/C23H32N4O5/c28-21(24-31)20-16-17(22(29)27-12-14-32-15-13-27)6-7-19(20)23(30)26-10-8-25(9-11-26)18-4-2-1-3-5-18/h1-5,17,19-20,31H,6-16H2,(H,24,28)/t17?,19-,20-/m0/s1. The van der Waals surface area contributed by atoms with Crippen molar-refractivity contribution in [2.24, 2.45) is 17.8 Å². The van der Waals surface area contributed by atoms with E-state index in [2.05, 4.69) is 17.0 Å². The van der Waals surface area contributed by atoms with Crippen molar-refractivity contribution in [2.45, 2.75) is 19.3 Å². The zero-order valence-electron chi connectivity index (χ0n) is 18.3. The summed E-state index contributed by atoms with van der Waals surface area (Å²) in [5.74, 6) is -2.14. The van der Waals surface area contributed by atoms with Crippen molar-refractivity contribution in [2.75, 3.05) is 57.4 Å². The molecule has 174 valence electrons. The molecule has 1 unspecified atom stereocenters. The van der Waals surface area contributed by atoms with Crippen LogP contribution in [0.5, 0.6) is 0 Å². The van der Waals surface area contributed by atoms with Gasteiger partial charge in [-0.15, -0.1) is 0 Å². The fourth-order valence-electron chi connectivity index (χ4n) is 5.16. The van der Waals surface area contributed by atoms with E-state index in [-0.39, 0.29) is 24.2 Å². The Labute approximate surface area is 188 Å². The number of hydrogen-bond acceptors (Lipinski definition) is 6. The van der Waals surface area contributed by atoms with E-state index < -0.39 is 17.7 Å². The van der Waals surface area contributed by atoms with Crippen LogP contribution < -0.4 is 10.4 Å². The molecule has 1 aromatic carbocycles. The van der Waals surface area contributed by atoms with Crippen molar-refractivity contribution < 1.29 is 24.3 Å². The highest BCUT2D eigenvalue weighted by atomic mass is 16.5. The molecule has 0 bridgehead atoms. The Morgan fingerprint density at radius 2 is 1.50 bits per heavy atom. The first-order chi connectivity index (χ1) is 15.6. The summed E-state index contributed by atoms with van der Waals surface area (Å²) in [7, 11) is 0. The number of carbonyl (C=O) groups is 3. The summed E-state index contributed by atoms with van der Waals surface area (Å²) in [4.78, 5) is 44.6. The minimum Gasteiger partial charge on any atom is -0.378 e. The van der Waals surface area contributed by atoms with Crippen LogP contribution in [0.15, 0.2) is 30.3 Å². The second kappa shape index (κ2) is 10.3. The minimum atomic E-state index is -0.705. The van der Waals surface area contributed by atoms with E-state index >= 15 is 0 Å². The largest absolute Gasteiger partial charge is 0.378 e. The van der Waals surface area contributed by atoms with Gasteiger partial charge in [-0.2, -0.15) is 0 Å². The molecule has 3 amide bonds. The van der Waals surface area contributed by atoms with Gasteiger partial charge in [-0.05, 0) is 31.4 Å². The molecule has 2 N–H and O–H groups in total. The van der Waals surface area contributed by atoms with Gasteiger partial charge in [0.1, 0.15) is 0 Å². The molecular formula is C23H32N4O5. The average molecular weight is 445 g/mol. The summed E-state index contributed by atoms with van der Waals surface area (Å²) in [5, 5.41) is 9.29. The van der Waals surface area contributed by atoms with Gasteiger partial charge in [-0.3, -0.25) is 19.6 Å². The monoisotopic (exact) mass is 444 g/mol. The van der Waals surface area contributed by atoms with Crippen molar-refractivity contribution >= 4 is 23.4 Å². The van der Waals surface area contributed by atoms with Crippen molar-refractivity contribution in [3.63, 3.8) is 0 Å². The summed E-state index contributed by atoms with van der Waals surface area (Å²) in [5.41, 5.74) is 2.87. The summed E-state index contributed by atoms with van der Waals surface area (Å²) >= 11 is 0. The summed E-state index contributed by atoms with van der Waals surface area (Å²) in [6.45, 7) is 4.81. The maximum absolute atomic E-state index is 13.3. The van der Waals surface area contributed by atoms with Gasteiger partial charge < -0.3 is 19.4 Å². The Balaban J connectivity index is 1.38. The topological polar surface area (TPSA) is 102 Å². The van der Waals surface area contributed by atoms with E-state index in [1.807, 2.05) is 23.1 Å². The molecule has 2 heterocycles. The zero-order chi connectivity index (χ0) is 22.5. The second-order valence-electron chi connectivity index (χ2n) is 8.78. The number of ether oxygens (including phenoxy) is 1. The van der Waals surface area contributed by atoms with Crippen LogP contribution in [0.4, 0.5) is 5.69 Å². The number of nitrogens with one attached hydrogen (secondary N) is 1. The van der Waals surface area contributed by atoms with Gasteiger partial charge in [0, 0.05) is 56.8 Å². The second-order valence-corrected chi connectivity index (χ2v) is 8.78. The molecule has 0 spiro atoms. The molecule has 1 aliphatic carbocycles. The molecule has 32 heavy (non-hydrogen) atoms. The number of morpholine rings is 1. The number of hydroxylamine groups is 1. The van der Waals surface area contributed by atoms with Crippen molar-refractivity contribution in [1.82, 2.24) is 15.3 Å². The number of rotatable bonds is 4. The van der Waals surface area contributed by atoms with E-state index in [1.165, 1.54) is 0 Å². The molecule has 9 heteroatoms. The van der Waals surface area contributed by atoms with Gasteiger partial charge >= 0.3 is 0 Å². The lowest BCUT2D eigenvalue weighted by atomic mass is 9.72.